The van der Waals surface area contributed by atoms with Gasteiger partial charge in [-0.1, -0.05) is 0 Å². The highest BCUT2D eigenvalue weighted by atomic mass is 32.1. The van der Waals surface area contributed by atoms with Gasteiger partial charge in [0.2, 0.25) is 11.8 Å². The number of piperidine rings is 3. The lowest BCUT2D eigenvalue weighted by atomic mass is 9.72. The van der Waals surface area contributed by atoms with Crippen molar-refractivity contribution in [2.45, 2.75) is 51.6 Å². The summed E-state index contributed by atoms with van der Waals surface area (Å²) in [5.41, 5.74) is 7.03. The Bertz CT molecular complexity index is 973. The molecule has 3 aliphatic heterocycles. The molecule has 2 N–H and O–H groups in total. The van der Waals surface area contributed by atoms with Crippen LogP contribution < -0.4 is 10.6 Å². The van der Waals surface area contributed by atoms with Crippen molar-refractivity contribution in [1.29, 1.82) is 0 Å². The first-order chi connectivity index (χ1) is 13.5. The maximum Gasteiger partial charge on any atom is 0.240 e. The second-order valence-electron chi connectivity index (χ2n) is 8.43. The summed E-state index contributed by atoms with van der Waals surface area (Å²) >= 11 is 1.70. The molecule has 8 heteroatoms. The summed E-state index contributed by atoms with van der Waals surface area (Å²) in [6.07, 6.45) is 4.97. The van der Waals surface area contributed by atoms with E-state index in [0.717, 1.165) is 41.8 Å². The number of carbonyl (C=O) groups is 2. The monoisotopic (exact) mass is 399 g/mol. The minimum Gasteiger partial charge on any atom is -0.368 e. The lowest BCUT2D eigenvalue weighted by Gasteiger charge is -2.55. The molecule has 3 fully saturated rings. The quantitative estimate of drug-likeness (QED) is 0.834. The molecule has 2 aromatic heterocycles. The summed E-state index contributed by atoms with van der Waals surface area (Å²) in [5, 5.41) is 1.12. The molecule has 3 saturated heterocycles. The minimum absolute atomic E-state index is 0.0552. The van der Waals surface area contributed by atoms with Crippen molar-refractivity contribution >= 4 is 39.2 Å². The zero-order chi connectivity index (χ0) is 19.6. The lowest BCUT2D eigenvalue weighted by Crippen LogP contribution is -2.68. The van der Waals surface area contributed by atoms with Crippen molar-refractivity contribution in [2.24, 2.45) is 17.6 Å². The van der Waals surface area contributed by atoms with Crippen LogP contribution in [-0.4, -0.2) is 51.9 Å². The van der Waals surface area contributed by atoms with Crippen molar-refractivity contribution in [1.82, 2.24) is 14.9 Å². The van der Waals surface area contributed by atoms with E-state index in [1.54, 1.807) is 17.7 Å². The van der Waals surface area contributed by atoms with Crippen molar-refractivity contribution in [2.75, 3.05) is 18.0 Å². The average molecular weight is 400 g/mol. The minimum atomic E-state index is -0.500. The van der Waals surface area contributed by atoms with Crippen LogP contribution in [0.5, 0.6) is 0 Å². The van der Waals surface area contributed by atoms with Gasteiger partial charge in [0, 0.05) is 36.3 Å². The summed E-state index contributed by atoms with van der Waals surface area (Å²) < 4.78 is 0. The Labute approximate surface area is 167 Å². The van der Waals surface area contributed by atoms with Gasteiger partial charge < -0.3 is 15.5 Å². The molecule has 0 radical (unpaired) electrons. The van der Waals surface area contributed by atoms with Crippen LogP contribution in [0, 0.1) is 25.7 Å². The number of nitrogens with zero attached hydrogens (tertiary/aromatic N) is 4. The van der Waals surface area contributed by atoms with Crippen LogP contribution in [0.1, 0.15) is 36.1 Å². The molecule has 3 aliphatic rings. The maximum absolute atomic E-state index is 12.6. The molecule has 2 bridgehead atoms. The van der Waals surface area contributed by atoms with Crippen LogP contribution in [0.25, 0.3) is 10.2 Å². The number of hydrogen-bond acceptors (Lipinski definition) is 6. The third-order valence-electron chi connectivity index (χ3n) is 6.88. The Kier molecular flexibility index (Phi) is 4.08. The van der Waals surface area contributed by atoms with Crippen molar-refractivity contribution < 1.29 is 9.59 Å². The van der Waals surface area contributed by atoms with E-state index in [4.69, 9.17) is 5.73 Å². The van der Waals surface area contributed by atoms with Crippen molar-refractivity contribution in [3.05, 3.63) is 16.8 Å². The topological polar surface area (TPSA) is 92.4 Å². The second-order valence-corrected chi connectivity index (χ2v) is 9.63. The number of primary amides is 1. The van der Waals surface area contributed by atoms with E-state index in [-0.39, 0.29) is 23.8 Å². The normalized spacial score (nSPS) is 29.9. The van der Waals surface area contributed by atoms with Gasteiger partial charge in [-0.25, -0.2) is 9.97 Å². The van der Waals surface area contributed by atoms with Gasteiger partial charge in [-0.15, -0.1) is 11.3 Å². The number of anilines is 1. The highest BCUT2D eigenvalue weighted by Crippen LogP contribution is 2.44. The van der Waals surface area contributed by atoms with E-state index in [9.17, 15) is 9.59 Å². The summed E-state index contributed by atoms with van der Waals surface area (Å²) in [6.45, 7) is 5.79. The number of aryl methyl sites for hydroxylation is 2. The van der Waals surface area contributed by atoms with Gasteiger partial charge in [-0.2, -0.15) is 0 Å². The summed E-state index contributed by atoms with van der Waals surface area (Å²) in [5.74, 6) is 1.08. The Morgan fingerprint density at radius 1 is 1.25 bits per heavy atom. The number of thiophene rings is 1. The summed E-state index contributed by atoms with van der Waals surface area (Å²) in [4.78, 5) is 40.5. The van der Waals surface area contributed by atoms with E-state index in [2.05, 4.69) is 28.7 Å². The zero-order valence-electron chi connectivity index (χ0n) is 16.2. The first kappa shape index (κ1) is 17.8. The molecule has 4 atom stereocenters. The van der Waals surface area contributed by atoms with Gasteiger partial charge in [0.05, 0.1) is 5.39 Å². The van der Waals surface area contributed by atoms with Gasteiger partial charge >= 0.3 is 0 Å². The van der Waals surface area contributed by atoms with Crippen LogP contribution in [0.15, 0.2) is 6.33 Å². The van der Waals surface area contributed by atoms with Gasteiger partial charge in [-0.3, -0.25) is 9.59 Å². The predicted octanol–water partition coefficient (Wildman–Crippen LogP) is 2.00. The molecule has 2 amide bonds. The number of fused-ring (bicyclic) bond motifs is 5. The molecule has 28 heavy (non-hydrogen) atoms. The molecule has 0 unspecified atom stereocenters. The third kappa shape index (κ3) is 2.53. The molecule has 7 nitrogen and oxygen atoms in total. The van der Waals surface area contributed by atoms with Crippen LogP contribution in [0.2, 0.25) is 0 Å². The van der Waals surface area contributed by atoms with Crippen LogP contribution in [-0.2, 0) is 9.59 Å². The van der Waals surface area contributed by atoms with E-state index in [1.807, 2.05) is 4.90 Å². The Morgan fingerprint density at radius 3 is 2.82 bits per heavy atom. The number of hydrogen-bond donors (Lipinski definition) is 1. The standard InChI is InChI=1S/C20H25N5O2S/c1-10-11(2)28-20-16(10)19(22-9-23-20)24-7-12-6-13(8-24)17(18(21)27)25-14(12)4-3-5-15(25)26/h9,12-14,17H,3-8H2,1-2H3,(H2,21,27)/t12-,13+,14+,17-/m1/s1. The molecule has 0 saturated carbocycles. The second kappa shape index (κ2) is 6.40. The highest BCUT2D eigenvalue weighted by Gasteiger charge is 2.51. The largest absolute Gasteiger partial charge is 0.368 e. The first-order valence-electron chi connectivity index (χ1n) is 10.0. The van der Waals surface area contributed by atoms with E-state index in [0.29, 0.717) is 18.9 Å². The number of rotatable bonds is 2. The van der Waals surface area contributed by atoms with Gasteiger partial charge in [-0.05, 0) is 44.6 Å². The molecular formula is C20H25N5O2S. The maximum atomic E-state index is 12.6. The Balaban J connectivity index is 1.56. The van der Waals surface area contributed by atoms with Crippen molar-refractivity contribution in [3.63, 3.8) is 0 Å². The molecular weight excluding hydrogens is 374 g/mol. The van der Waals surface area contributed by atoms with Crippen LogP contribution in [0.4, 0.5) is 5.82 Å². The fraction of sp³-hybridized carbons (Fsp3) is 0.600. The summed E-state index contributed by atoms with van der Waals surface area (Å²) in [6, 6.07) is -0.389. The number of aromatic nitrogens is 2. The van der Waals surface area contributed by atoms with Gasteiger partial charge in [0.1, 0.15) is 23.0 Å². The van der Waals surface area contributed by atoms with Crippen LogP contribution in [0.3, 0.4) is 0 Å². The Morgan fingerprint density at radius 2 is 2.04 bits per heavy atom. The smallest absolute Gasteiger partial charge is 0.240 e. The Hall–Kier alpha value is -2.22. The molecule has 2 aromatic rings. The lowest BCUT2D eigenvalue weighted by molar-refractivity contribution is -0.155. The number of amides is 2. The molecule has 0 spiro atoms. The number of nitrogens with two attached hydrogens (primary N) is 1. The van der Waals surface area contributed by atoms with Gasteiger partial charge in [0.15, 0.2) is 0 Å². The van der Waals surface area contributed by atoms with E-state index < -0.39 is 6.04 Å². The fourth-order valence-electron chi connectivity index (χ4n) is 5.60. The predicted molar refractivity (Wildman–Crippen MR) is 108 cm³/mol. The van der Waals surface area contributed by atoms with Gasteiger partial charge in [0.25, 0.3) is 0 Å². The molecule has 148 valence electrons. The molecule has 0 aromatic carbocycles. The zero-order valence-corrected chi connectivity index (χ0v) is 17.0. The molecule has 0 aliphatic carbocycles. The first-order valence-corrected chi connectivity index (χ1v) is 10.8. The van der Waals surface area contributed by atoms with E-state index in [1.165, 1.54) is 10.4 Å². The average Bonchev–Trinajstić information content (AvgIpc) is 2.96. The fourth-order valence-corrected chi connectivity index (χ4v) is 6.59. The van der Waals surface area contributed by atoms with E-state index >= 15 is 0 Å². The van der Waals surface area contributed by atoms with Crippen LogP contribution >= 0.6 is 11.3 Å². The summed E-state index contributed by atoms with van der Waals surface area (Å²) in [7, 11) is 0. The SMILES string of the molecule is Cc1sc2ncnc(N3C[C@H]4C[C@@H](C3)[C@H](C(N)=O)N3C(=O)CCC[C@@H]43)c2c1C. The third-order valence-corrected chi connectivity index (χ3v) is 7.99. The molecule has 5 heterocycles. The highest BCUT2D eigenvalue weighted by molar-refractivity contribution is 7.18. The molecule has 5 rings (SSSR count). The van der Waals surface area contributed by atoms with Crippen molar-refractivity contribution in [3.8, 4) is 0 Å². The number of carbonyl (C=O) groups excluding carboxylic acids is 2.